The van der Waals surface area contributed by atoms with Crippen LogP contribution in [0.25, 0.3) is 11.5 Å². The second kappa shape index (κ2) is 3.76. The predicted octanol–water partition coefficient (Wildman–Crippen LogP) is 2.29. The summed E-state index contributed by atoms with van der Waals surface area (Å²) in [5.74, 6) is 0.676. The Labute approximate surface area is 94.3 Å². The quantitative estimate of drug-likeness (QED) is 0.834. The minimum atomic E-state index is 0.425. The molecule has 0 radical (unpaired) electrons. The van der Waals surface area contributed by atoms with Gasteiger partial charge in [-0.2, -0.15) is 0 Å². The zero-order valence-electron chi connectivity index (χ0n) is 9.07. The van der Waals surface area contributed by atoms with Gasteiger partial charge in [0.1, 0.15) is 6.26 Å². The Kier molecular flexibility index (Phi) is 2.26. The van der Waals surface area contributed by atoms with Crippen molar-refractivity contribution in [2.75, 3.05) is 0 Å². The number of oxazole rings is 1. The summed E-state index contributed by atoms with van der Waals surface area (Å²) in [7, 11) is 0. The van der Waals surface area contributed by atoms with Gasteiger partial charge in [-0.05, 0) is 42.5 Å². The minimum Gasteiger partial charge on any atom is -0.444 e. The highest BCUT2D eigenvalue weighted by atomic mass is 16.3. The van der Waals surface area contributed by atoms with E-state index in [9.17, 15) is 0 Å². The number of benzene rings is 1. The van der Waals surface area contributed by atoms with Crippen LogP contribution in [0.1, 0.15) is 23.2 Å². The van der Waals surface area contributed by atoms with E-state index in [4.69, 9.17) is 10.2 Å². The molecule has 0 unspecified atom stereocenters. The first-order valence-corrected chi connectivity index (χ1v) is 5.63. The van der Waals surface area contributed by atoms with Gasteiger partial charge in [-0.3, -0.25) is 0 Å². The topological polar surface area (TPSA) is 52.0 Å². The van der Waals surface area contributed by atoms with Gasteiger partial charge in [0.25, 0.3) is 0 Å². The van der Waals surface area contributed by atoms with Gasteiger partial charge in [-0.1, -0.05) is 6.07 Å². The van der Waals surface area contributed by atoms with Crippen molar-refractivity contribution in [1.29, 1.82) is 0 Å². The van der Waals surface area contributed by atoms with Crippen molar-refractivity contribution in [1.82, 2.24) is 4.98 Å². The molecular formula is C13H14N2O. The molecule has 82 valence electrons. The molecule has 0 fully saturated rings. The molecular weight excluding hydrogens is 200 g/mol. The highest BCUT2D eigenvalue weighted by Crippen LogP contribution is 2.27. The van der Waals surface area contributed by atoms with Gasteiger partial charge < -0.3 is 10.2 Å². The number of aromatic nitrogens is 1. The van der Waals surface area contributed by atoms with Gasteiger partial charge in [0.05, 0.1) is 5.69 Å². The molecule has 0 aliphatic heterocycles. The Balaban J connectivity index is 2.00. The lowest BCUT2D eigenvalue weighted by atomic mass is 10.1. The molecule has 2 aromatic rings. The second-order valence-corrected chi connectivity index (χ2v) is 4.19. The Bertz CT molecular complexity index is 516. The smallest absolute Gasteiger partial charge is 0.226 e. The summed E-state index contributed by atoms with van der Waals surface area (Å²) in [6.07, 6.45) is 5.27. The summed E-state index contributed by atoms with van der Waals surface area (Å²) in [4.78, 5) is 4.33. The summed E-state index contributed by atoms with van der Waals surface area (Å²) < 4.78 is 5.41. The summed E-state index contributed by atoms with van der Waals surface area (Å²) in [5, 5.41) is 0. The van der Waals surface area contributed by atoms with Crippen LogP contribution in [0.4, 0.5) is 0 Å². The molecule has 3 nitrogen and oxygen atoms in total. The highest BCUT2D eigenvalue weighted by Gasteiger charge is 2.13. The number of fused-ring (bicyclic) bond motifs is 1. The van der Waals surface area contributed by atoms with E-state index in [-0.39, 0.29) is 0 Å². The summed E-state index contributed by atoms with van der Waals surface area (Å²) in [6, 6.07) is 6.45. The maximum atomic E-state index is 5.51. The number of nitrogens with two attached hydrogens (primary N) is 1. The molecule has 3 rings (SSSR count). The van der Waals surface area contributed by atoms with Crippen LogP contribution in [0.5, 0.6) is 0 Å². The number of aryl methyl sites for hydroxylation is 2. The number of hydrogen-bond acceptors (Lipinski definition) is 3. The molecule has 1 aromatic heterocycles. The molecule has 0 atom stereocenters. The van der Waals surface area contributed by atoms with E-state index in [1.165, 1.54) is 30.4 Å². The Morgan fingerprint density at radius 1 is 1.25 bits per heavy atom. The second-order valence-electron chi connectivity index (χ2n) is 4.19. The van der Waals surface area contributed by atoms with Gasteiger partial charge in [0, 0.05) is 12.1 Å². The van der Waals surface area contributed by atoms with Crippen LogP contribution in [0.3, 0.4) is 0 Å². The van der Waals surface area contributed by atoms with Crippen molar-refractivity contribution >= 4 is 0 Å². The molecule has 0 amide bonds. The third-order valence-electron chi connectivity index (χ3n) is 3.11. The third-order valence-corrected chi connectivity index (χ3v) is 3.11. The fourth-order valence-electron chi connectivity index (χ4n) is 2.24. The molecule has 1 aromatic carbocycles. The lowest BCUT2D eigenvalue weighted by Gasteiger charge is -2.00. The van der Waals surface area contributed by atoms with Crippen molar-refractivity contribution < 1.29 is 4.42 Å². The van der Waals surface area contributed by atoms with Gasteiger partial charge in [-0.25, -0.2) is 4.98 Å². The molecule has 1 aliphatic rings. The summed E-state index contributed by atoms with van der Waals surface area (Å²) in [6.45, 7) is 0.425. The Morgan fingerprint density at radius 3 is 2.94 bits per heavy atom. The van der Waals surface area contributed by atoms with Crippen LogP contribution in [-0.2, 0) is 19.4 Å². The fourth-order valence-corrected chi connectivity index (χ4v) is 2.24. The number of nitrogens with zero attached hydrogens (tertiary/aromatic N) is 1. The molecule has 0 saturated carbocycles. The van der Waals surface area contributed by atoms with Crippen molar-refractivity contribution in [2.24, 2.45) is 5.73 Å². The van der Waals surface area contributed by atoms with Gasteiger partial charge in [-0.15, -0.1) is 0 Å². The first-order valence-electron chi connectivity index (χ1n) is 5.63. The third kappa shape index (κ3) is 1.53. The van der Waals surface area contributed by atoms with Gasteiger partial charge >= 0.3 is 0 Å². The monoisotopic (exact) mass is 214 g/mol. The van der Waals surface area contributed by atoms with Crippen LogP contribution < -0.4 is 5.73 Å². The molecule has 1 aliphatic carbocycles. The Hall–Kier alpha value is -1.61. The first-order chi connectivity index (χ1) is 7.86. The van der Waals surface area contributed by atoms with E-state index in [0.717, 1.165) is 11.3 Å². The molecule has 16 heavy (non-hydrogen) atoms. The van der Waals surface area contributed by atoms with Crippen LogP contribution in [0.2, 0.25) is 0 Å². The SMILES string of the molecule is NCc1coc(-c2ccc3c(c2)CCC3)n1. The van der Waals surface area contributed by atoms with Crippen molar-refractivity contribution in [3.63, 3.8) is 0 Å². The lowest BCUT2D eigenvalue weighted by molar-refractivity contribution is 0.572. The largest absolute Gasteiger partial charge is 0.444 e. The maximum Gasteiger partial charge on any atom is 0.226 e. The number of rotatable bonds is 2. The Morgan fingerprint density at radius 2 is 2.12 bits per heavy atom. The molecule has 0 saturated heterocycles. The van der Waals surface area contributed by atoms with E-state index in [1.54, 1.807) is 6.26 Å². The number of hydrogen-bond donors (Lipinski definition) is 1. The maximum absolute atomic E-state index is 5.51. The molecule has 2 N–H and O–H groups in total. The summed E-state index contributed by atoms with van der Waals surface area (Å²) in [5.41, 5.74) is 10.3. The lowest BCUT2D eigenvalue weighted by Crippen LogP contribution is -1.95. The molecule has 1 heterocycles. The van der Waals surface area contributed by atoms with Crippen LogP contribution in [-0.4, -0.2) is 4.98 Å². The molecule has 3 heteroatoms. The van der Waals surface area contributed by atoms with E-state index in [1.807, 2.05) is 0 Å². The van der Waals surface area contributed by atoms with E-state index < -0.39 is 0 Å². The van der Waals surface area contributed by atoms with E-state index in [0.29, 0.717) is 12.4 Å². The zero-order valence-corrected chi connectivity index (χ0v) is 9.07. The minimum absolute atomic E-state index is 0.425. The predicted molar refractivity (Wildman–Crippen MR) is 61.9 cm³/mol. The average Bonchev–Trinajstić information content (AvgIpc) is 2.96. The van der Waals surface area contributed by atoms with Gasteiger partial charge in [0.2, 0.25) is 5.89 Å². The first kappa shape index (κ1) is 9.60. The van der Waals surface area contributed by atoms with Gasteiger partial charge in [0.15, 0.2) is 0 Å². The summed E-state index contributed by atoms with van der Waals surface area (Å²) >= 11 is 0. The standard InChI is InChI=1S/C13H14N2O/c14-7-12-8-16-13(15-12)11-5-4-9-2-1-3-10(9)6-11/h4-6,8H,1-3,7,14H2. The fraction of sp³-hybridized carbons (Fsp3) is 0.308. The highest BCUT2D eigenvalue weighted by molar-refractivity contribution is 5.56. The normalized spacial score (nSPS) is 14.1. The van der Waals surface area contributed by atoms with Crippen LogP contribution in [0.15, 0.2) is 28.9 Å². The zero-order chi connectivity index (χ0) is 11.0. The van der Waals surface area contributed by atoms with Crippen molar-refractivity contribution in [3.8, 4) is 11.5 Å². The van der Waals surface area contributed by atoms with Crippen molar-refractivity contribution in [3.05, 3.63) is 41.3 Å². The molecule has 0 bridgehead atoms. The average molecular weight is 214 g/mol. The van der Waals surface area contributed by atoms with Crippen LogP contribution in [0, 0.1) is 0 Å². The van der Waals surface area contributed by atoms with E-state index >= 15 is 0 Å². The van der Waals surface area contributed by atoms with E-state index in [2.05, 4.69) is 23.2 Å². The van der Waals surface area contributed by atoms with Crippen molar-refractivity contribution in [2.45, 2.75) is 25.8 Å². The van der Waals surface area contributed by atoms with Crippen LogP contribution >= 0.6 is 0 Å². The molecule has 0 spiro atoms.